The molecular weight excluding hydrogens is 194 g/mol. The van der Waals surface area contributed by atoms with Gasteiger partial charge in [0.15, 0.2) is 0 Å². The summed E-state index contributed by atoms with van der Waals surface area (Å²) >= 11 is 0. The number of nitrogens with zero attached hydrogens (tertiary/aromatic N) is 1. The van der Waals surface area contributed by atoms with E-state index in [1.807, 2.05) is 0 Å². The first-order valence-electron chi connectivity index (χ1n) is 5.54. The maximum absolute atomic E-state index is 11.7. The molecule has 15 heavy (non-hydrogen) atoms. The lowest BCUT2D eigenvalue weighted by atomic mass is 9.95. The van der Waals surface area contributed by atoms with E-state index in [2.05, 4.69) is 0 Å². The van der Waals surface area contributed by atoms with Gasteiger partial charge in [-0.05, 0) is 26.2 Å². The summed E-state index contributed by atoms with van der Waals surface area (Å²) in [5, 5.41) is 9.85. The van der Waals surface area contributed by atoms with E-state index >= 15 is 0 Å². The van der Waals surface area contributed by atoms with Crippen LogP contribution in [0.25, 0.3) is 0 Å². The van der Waals surface area contributed by atoms with Crippen LogP contribution in [0, 0.1) is 0 Å². The topological polar surface area (TPSA) is 49.8 Å². The van der Waals surface area contributed by atoms with E-state index in [0.29, 0.717) is 19.6 Å². The van der Waals surface area contributed by atoms with E-state index in [1.165, 1.54) is 0 Å². The van der Waals surface area contributed by atoms with Crippen molar-refractivity contribution in [3.05, 3.63) is 0 Å². The Kier molecular flexibility index (Phi) is 4.54. The third kappa shape index (κ3) is 4.18. The van der Waals surface area contributed by atoms with Gasteiger partial charge < -0.3 is 14.7 Å². The van der Waals surface area contributed by atoms with Crippen LogP contribution in [0.15, 0.2) is 0 Å². The number of ether oxygens (including phenoxy) is 1. The number of amides is 1. The van der Waals surface area contributed by atoms with Gasteiger partial charge >= 0.3 is 0 Å². The summed E-state index contributed by atoms with van der Waals surface area (Å²) in [7, 11) is 1.64. The summed E-state index contributed by atoms with van der Waals surface area (Å²) in [5.74, 6) is 0.132. The van der Waals surface area contributed by atoms with Crippen LogP contribution >= 0.6 is 0 Å². The zero-order valence-corrected chi connectivity index (χ0v) is 9.66. The van der Waals surface area contributed by atoms with Crippen molar-refractivity contribution in [1.82, 2.24) is 4.90 Å². The molecule has 1 unspecified atom stereocenters. The first kappa shape index (κ1) is 12.5. The van der Waals surface area contributed by atoms with Gasteiger partial charge in [-0.3, -0.25) is 4.79 Å². The van der Waals surface area contributed by atoms with Crippen molar-refractivity contribution >= 4 is 5.91 Å². The molecule has 0 aromatic rings. The lowest BCUT2D eigenvalue weighted by Gasteiger charge is -2.36. The SMILES string of the molecule is COCCCC(=O)N1CCCC(C)(O)C1. The lowest BCUT2D eigenvalue weighted by molar-refractivity contribution is -0.137. The second kappa shape index (κ2) is 5.47. The zero-order valence-electron chi connectivity index (χ0n) is 9.66. The quantitative estimate of drug-likeness (QED) is 0.705. The molecule has 1 fully saturated rings. The molecule has 4 heteroatoms. The van der Waals surface area contributed by atoms with Crippen molar-refractivity contribution in [3.8, 4) is 0 Å². The highest BCUT2D eigenvalue weighted by molar-refractivity contribution is 5.76. The van der Waals surface area contributed by atoms with E-state index in [0.717, 1.165) is 25.8 Å². The van der Waals surface area contributed by atoms with Gasteiger partial charge in [0.05, 0.1) is 5.60 Å². The molecule has 4 nitrogen and oxygen atoms in total. The van der Waals surface area contributed by atoms with E-state index in [1.54, 1.807) is 18.9 Å². The molecule has 1 rings (SSSR count). The number of rotatable bonds is 4. The highest BCUT2D eigenvalue weighted by Crippen LogP contribution is 2.20. The van der Waals surface area contributed by atoms with Gasteiger partial charge in [0.1, 0.15) is 0 Å². The Bertz CT molecular complexity index is 216. The second-order valence-corrected chi connectivity index (χ2v) is 4.51. The van der Waals surface area contributed by atoms with Crippen LogP contribution in [0.4, 0.5) is 0 Å². The Hall–Kier alpha value is -0.610. The van der Waals surface area contributed by atoms with E-state index in [-0.39, 0.29) is 5.91 Å². The summed E-state index contributed by atoms with van der Waals surface area (Å²) < 4.78 is 4.90. The van der Waals surface area contributed by atoms with E-state index in [9.17, 15) is 9.90 Å². The maximum Gasteiger partial charge on any atom is 0.222 e. The third-order valence-electron chi connectivity index (χ3n) is 2.77. The number of methoxy groups -OCH3 is 1. The van der Waals surface area contributed by atoms with E-state index in [4.69, 9.17) is 4.74 Å². The molecule has 0 radical (unpaired) electrons. The minimum atomic E-state index is -0.699. The monoisotopic (exact) mass is 215 g/mol. The molecule has 1 saturated heterocycles. The fraction of sp³-hybridized carbons (Fsp3) is 0.909. The Balaban J connectivity index is 2.32. The average molecular weight is 215 g/mol. The summed E-state index contributed by atoms with van der Waals surface area (Å²) in [6, 6.07) is 0. The summed E-state index contributed by atoms with van der Waals surface area (Å²) in [6.07, 6.45) is 2.95. The zero-order chi connectivity index (χ0) is 11.3. The third-order valence-corrected chi connectivity index (χ3v) is 2.77. The Labute approximate surface area is 91.2 Å². The Morgan fingerprint density at radius 1 is 1.60 bits per heavy atom. The minimum absolute atomic E-state index is 0.132. The van der Waals surface area contributed by atoms with Crippen LogP contribution in [-0.2, 0) is 9.53 Å². The van der Waals surface area contributed by atoms with Crippen LogP contribution in [0.1, 0.15) is 32.6 Å². The van der Waals surface area contributed by atoms with Crippen molar-refractivity contribution < 1.29 is 14.6 Å². The summed E-state index contributed by atoms with van der Waals surface area (Å²) in [5.41, 5.74) is -0.699. The van der Waals surface area contributed by atoms with Crippen molar-refractivity contribution in [2.45, 2.75) is 38.2 Å². The van der Waals surface area contributed by atoms with Crippen molar-refractivity contribution in [3.63, 3.8) is 0 Å². The molecule has 88 valence electrons. The Morgan fingerprint density at radius 3 is 2.93 bits per heavy atom. The maximum atomic E-state index is 11.7. The van der Waals surface area contributed by atoms with Gasteiger partial charge in [0, 0.05) is 33.2 Å². The van der Waals surface area contributed by atoms with Crippen LogP contribution in [0.2, 0.25) is 0 Å². The molecule has 1 aliphatic rings. The molecule has 0 saturated carbocycles. The summed E-state index contributed by atoms with van der Waals surface area (Å²) in [6.45, 7) is 3.67. The van der Waals surface area contributed by atoms with Crippen molar-refractivity contribution in [2.24, 2.45) is 0 Å². The number of aliphatic hydroxyl groups is 1. The van der Waals surface area contributed by atoms with Gasteiger partial charge in [-0.15, -0.1) is 0 Å². The molecule has 0 aliphatic carbocycles. The smallest absolute Gasteiger partial charge is 0.222 e. The normalized spacial score (nSPS) is 26.7. The molecule has 1 aliphatic heterocycles. The minimum Gasteiger partial charge on any atom is -0.388 e. The first-order chi connectivity index (χ1) is 7.05. The van der Waals surface area contributed by atoms with Gasteiger partial charge in [0.2, 0.25) is 5.91 Å². The second-order valence-electron chi connectivity index (χ2n) is 4.51. The molecule has 0 aromatic carbocycles. The van der Waals surface area contributed by atoms with Crippen LogP contribution in [0.3, 0.4) is 0 Å². The number of hydrogen-bond acceptors (Lipinski definition) is 3. The molecular formula is C11H21NO3. The molecule has 0 aromatic heterocycles. The molecule has 1 N–H and O–H groups in total. The van der Waals surface area contributed by atoms with E-state index < -0.39 is 5.60 Å². The Morgan fingerprint density at radius 2 is 2.33 bits per heavy atom. The summed E-state index contributed by atoms with van der Waals surface area (Å²) in [4.78, 5) is 13.5. The van der Waals surface area contributed by atoms with Gasteiger partial charge in [-0.2, -0.15) is 0 Å². The van der Waals surface area contributed by atoms with Gasteiger partial charge in [-0.25, -0.2) is 0 Å². The fourth-order valence-corrected chi connectivity index (χ4v) is 1.96. The molecule has 1 heterocycles. The molecule has 1 atom stereocenters. The largest absolute Gasteiger partial charge is 0.388 e. The van der Waals surface area contributed by atoms with Crippen molar-refractivity contribution in [1.29, 1.82) is 0 Å². The molecule has 1 amide bonds. The molecule has 0 bridgehead atoms. The predicted molar refractivity (Wildman–Crippen MR) is 57.5 cm³/mol. The highest BCUT2D eigenvalue weighted by Gasteiger charge is 2.30. The highest BCUT2D eigenvalue weighted by atomic mass is 16.5. The van der Waals surface area contributed by atoms with Gasteiger partial charge in [-0.1, -0.05) is 0 Å². The number of piperidine rings is 1. The average Bonchev–Trinajstić information content (AvgIpc) is 2.16. The van der Waals surface area contributed by atoms with Crippen LogP contribution in [-0.4, -0.2) is 48.3 Å². The number of carbonyl (C=O) groups excluding carboxylic acids is 1. The predicted octanol–water partition coefficient (Wildman–Crippen LogP) is 0.786. The molecule has 0 spiro atoms. The van der Waals surface area contributed by atoms with Gasteiger partial charge in [0.25, 0.3) is 0 Å². The van der Waals surface area contributed by atoms with Crippen LogP contribution < -0.4 is 0 Å². The number of likely N-dealkylation sites (tertiary alicyclic amines) is 1. The lowest BCUT2D eigenvalue weighted by Crippen LogP contribution is -2.48. The standard InChI is InChI=1S/C11H21NO3/c1-11(14)6-4-7-12(9-11)10(13)5-3-8-15-2/h14H,3-9H2,1-2H3. The number of carbonyl (C=O) groups is 1. The number of hydrogen-bond donors (Lipinski definition) is 1. The number of β-amino-alcohol motifs (C(OH)–C–C–N with tert-alkyl or cyclic N) is 1. The van der Waals surface area contributed by atoms with Crippen LogP contribution in [0.5, 0.6) is 0 Å². The first-order valence-corrected chi connectivity index (χ1v) is 5.54. The van der Waals surface area contributed by atoms with Crippen molar-refractivity contribution in [2.75, 3.05) is 26.8 Å². The fourth-order valence-electron chi connectivity index (χ4n) is 1.96.